The second-order valence-electron chi connectivity index (χ2n) is 6.33. The van der Waals surface area contributed by atoms with Crippen LogP contribution in [0, 0.1) is 11.8 Å². The molecule has 0 aliphatic heterocycles. The number of aliphatic hydroxyl groups is 1. The average molecular weight is 349 g/mol. The summed E-state index contributed by atoms with van der Waals surface area (Å²) in [5, 5.41) is 11.9. The molecule has 2 aromatic rings. The lowest BCUT2D eigenvalue weighted by Gasteiger charge is -2.22. The highest BCUT2D eigenvalue weighted by Crippen LogP contribution is 2.27. The molecule has 0 spiro atoms. The van der Waals surface area contributed by atoms with Crippen LogP contribution in [0.15, 0.2) is 48.7 Å². The van der Waals surface area contributed by atoms with E-state index in [1.807, 2.05) is 47.4 Å². The molecule has 1 aromatic heterocycles. The molecule has 1 aromatic carbocycles. The van der Waals surface area contributed by atoms with Crippen molar-refractivity contribution in [1.29, 1.82) is 0 Å². The predicted octanol–water partition coefficient (Wildman–Crippen LogP) is 3.25. The Balaban J connectivity index is 1.64. The molecule has 1 saturated carbocycles. The number of unbranched alkanes of at least 4 members (excludes halogenated alkanes) is 1. The summed E-state index contributed by atoms with van der Waals surface area (Å²) in [7, 11) is 0. The molecule has 2 N–H and O–H groups in total. The third-order valence-electron chi connectivity index (χ3n) is 4.17. The molecule has 0 radical (unpaired) electrons. The third kappa shape index (κ3) is 5.33. The first kappa shape index (κ1) is 18.0. The fourth-order valence-electron chi connectivity index (χ4n) is 2.67. The molecule has 26 heavy (non-hydrogen) atoms. The number of urea groups is 1. The van der Waals surface area contributed by atoms with E-state index in [-0.39, 0.29) is 12.6 Å². The highest BCUT2D eigenvalue weighted by molar-refractivity contribution is 5.90. The van der Waals surface area contributed by atoms with Gasteiger partial charge in [-0.1, -0.05) is 18.1 Å². The third-order valence-corrected chi connectivity index (χ3v) is 4.17. The Morgan fingerprint density at radius 3 is 2.81 bits per heavy atom. The lowest BCUT2D eigenvalue weighted by Crippen LogP contribution is -2.37. The number of nitrogens with zero attached hydrogens (tertiary/aromatic N) is 2. The molecule has 0 bridgehead atoms. The van der Waals surface area contributed by atoms with Crippen LogP contribution in [-0.4, -0.2) is 40.2 Å². The molecule has 1 heterocycles. The molecule has 1 aliphatic carbocycles. The summed E-state index contributed by atoms with van der Waals surface area (Å²) in [6.07, 6.45) is 5.36. The summed E-state index contributed by atoms with van der Waals surface area (Å²) in [5.41, 5.74) is 2.27. The number of aromatic nitrogens is 1. The summed E-state index contributed by atoms with van der Waals surface area (Å²) in [4.78, 5) is 18.6. The van der Waals surface area contributed by atoms with E-state index in [4.69, 9.17) is 5.11 Å². The molecular formula is C21H23N3O2. The molecule has 5 nitrogen and oxygen atoms in total. The summed E-state index contributed by atoms with van der Waals surface area (Å²) in [5.74, 6) is 6.09. The molecule has 5 heteroatoms. The normalized spacial score (nSPS) is 12.8. The maximum Gasteiger partial charge on any atom is 0.322 e. The Morgan fingerprint density at radius 1 is 1.19 bits per heavy atom. The van der Waals surface area contributed by atoms with Gasteiger partial charge in [-0.05, 0) is 61.9 Å². The minimum Gasteiger partial charge on any atom is -0.396 e. The highest BCUT2D eigenvalue weighted by atomic mass is 16.3. The molecule has 3 rings (SSSR count). The molecule has 0 unspecified atom stereocenters. The van der Waals surface area contributed by atoms with Crippen LogP contribution in [0.5, 0.6) is 0 Å². The van der Waals surface area contributed by atoms with Crippen LogP contribution >= 0.6 is 0 Å². The number of benzene rings is 1. The van der Waals surface area contributed by atoms with Gasteiger partial charge in [-0.2, -0.15) is 0 Å². The van der Waals surface area contributed by atoms with Crippen LogP contribution in [0.3, 0.4) is 0 Å². The lowest BCUT2D eigenvalue weighted by atomic mass is 10.2. The van der Waals surface area contributed by atoms with Crippen LogP contribution in [0.2, 0.25) is 0 Å². The van der Waals surface area contributed by atoms with Crippen molar-refractivity contribution in [2.45, 2.75) is 31.7 Å². The number of nitrogens with one attached hydrogen (secondary N) is 1. The van der Waals surface area contributed by atoms with E-state index in [9.17, 15) is 4.79 Å². The number of carbonyl (C=O) groups excluding carboxylic acids is 1. The van der Waals surface area contributed by atoms with E-state index in [0.29, 0.717) is 18.3 Å². The summed E-state index contributed by atoms with van der Waals surface area (Å²) >= 11 is 0. The fourth-order valence-corrected chi connectivity index (χ4v) is 2.67. The number of hydrogen-bond acceptors (Lipinski definition) is 3. The lowest BCUT2D eigenvalue weighted by molar-refractivity contribution is 0.204. The van der Waals surface area contributed by atoms with Gasteiger partial charge in [-0.25, -0.2) is 9.78 Å². The number of pyridine rings is 1. The van der Waals surface area contributed by atoms with Crippen LogP contribution in [0.4, 0.5) is 10.5 Å². The van der Waals surface area contributed by atoms with Gasteiger partial charge in [0.05, 0.1) is 0 Å². The van der Waals surface area contributed by atoms with E-state index in [1.54, 1.807) is 6.20 Å². The second kappa shape index (κ2) is 9.02. The second-order valence-corrected chi connectivity index (χ2v) is 6.33. The number of rotatable bonds is 6. The van der Waals surface area contributed by atoms with E-state index in [0.717, 1.165) is 36.9 Å². The smallest absolute Gasteiger partial charge is 0.322 e. The quantitative estimate of drug-likeness (QED) is 0.621. The topological polar surface area (TPSA) is 65.5 Å². The van der Waals surface area contributed by atoms with Crippen LogP contribution in [0.25, 0.3) is 0 Å². The van der Waals surface area contributed by atoms with Gasteiger partial charge in [-0.3, -0.25) is 0 Å². The highest BCUT2D eigenvalue weighted by Gasteiger charge is 2.32. The van der Waals surface area contributed by atoms with E-state index < -0.39 is 0 Å². The van der Waals surface area contributed by atoms with Crippen LogP contribution in [-0.2, 0) is 0 Å². The van der Waals surface area contributed by atoms with Crippen molar-refractivity contribution in [3.63, 3.8) is 0 Å². The first-order valence-corrected chi connectivity index (χ1v) is 8.98. The van der Waals surface area contributed by atoms with Gasteiger partial charge in [0.25, 0.3) is 0 Å². The maximum absolute atomic E-state index is 12.6. The maximum atomic E-state index is 12.6. The molecule has 134 valence electrons. The summed E-state index contributed by atoms with van der Waals surface area (Å²) < 4.78 is 0. The van der Waals surface area contributed by atoms with Crippen molar-refractivity contribution in [2.75, 3.05) is 18.5 Å². The largest absolute Gasteiger partial charge is 0.396 e. The van der Waals surface area contributed by atoms with Gasteiger partial charge >= 0.3 is 6.03 Å². The average Bonchev–Trinajstić information content (AvgIpc) is 3.50. The zero-order valence-electron chi connectivity index (χ0n) is 14.7. The van der Waals surface area contributed by atoms with Crippen LogP contribution < -0.4 is 5.32 Å². The van der Waals surface area contributed by atoms with Crippen molar-refractivity contribution in [2.24, 2.45) is 0 Å². The van der Waals surface area contributed by atoms with Crippen molar-refractivity contribution in [3.05, 3.63) is 59.9 Å². The molecule has 0 atom stereocenters. The summed E-state index contributed by atoms with van der Waals surface area (Å²) in [6.45, 7) is 0.841. The monoisotopic (exact) mass is 349 g/mol. The Bertz CT molecular complexity index is 792. The van der Waals surface area contributed by atoms with Gasteiger partial charge in [-0.15, -0.1) is 0 Å². The molecule has 2 amide bonds. The van der Waals surface area contributed by atoms with E-state index >= 15 is 0 Å². The SMILES string of the molecule is O=C(Nc1cccc(C#Cc2ccccn2)c1)N(CCCCO)C1CC1. The Labute approximate surface area is 154 Å². The fraction of sp³-hybridized carbons (Fsp3) is 0.333. The number of hydrogen-bond donors (Lipinski definition) is 2. The number of aliphatic hydroxyl groups excluding tert-OH is 1. The van der Waals surface area contributed by atoms with Gasteiger partial charge in [0.1, 0.15) is 5.69 Å². The van der Waals surface area contributed by atoms with Gasteiger partial charge in [0, 0.05) is 36.6 Å². The molecule has 1 fully saturated rings. The molecular weight excluding hydrogens is 326 g/mol. The van der Waals surface area contributed by atoms with Gasteiger partial charge < -0.3 is 15.3 Å². The minimum absolute atomic E-state index is 0.0831. The van der Waals surface area contributed by atoms with Gasteiger partial charge in [0.15, 0.2) is 0 Å². The predicted molar refractivity (Wildman–Crippen MR) is 102 cm³/mol. The van der Waals surface area contributed by atoms with Gasteiger partial charge in [0.2, 0.25) is 0 Å². The standard InChI is InChI=1S/C21H23N3O2/c25-15-4-3-14-24(20-11-12-20)21(26)23-19-8-5-6-17(16-19)9-10-18-7-1-2-13-22-18/h1-2,5-8,13,16,20,25H,3-4,11-12,14-15H2,(H,23,26). The Kier molecular flexibility index (Phi) is 6.24. The number of anilines is 1. The first-order chi connectivity index (χ1) is 12.8. The first-order valence-electron chi connectivity index (χ1n) is 8.98. The molecule has 1 aliphatic rings. The summed E-state index contributed by atoms with van der Waals surface area (Å²) in [6, 6.07) is 13.4. The van der Waals surface area contributed by atoms with Crippen LogP contribution in [0.1, 0.15) is 36.9 Å². The van der Waals surface area contributed by atoms with E-state index in [2.05, 4.69) is 22.1 Å². The zero-order valence-corrected chi connectivity index (χ0v) is 14.7. The zero-order chi connectivity index (χ0) is 18.2. The van der Waals surface area contributed by atoms with E-state index in [1.165, 1.54) is 0 Å². The number of amides is 2. The minimum atomic E-state index is -0.0831. The number of carbonyl (C=O) groups is 1. The van der Waals surface area contributed by atoms with Crippen molar-refractivity contribution in [1.82, 2.24) is 9.88 Å². The Hall–Kier alpha value is -2.84. The van der Waals surface area contributed by atoms with Crippen molar-refractivity contribution in [3.8, 4) is 11.8 Å². The molecule has 0 saturated heterocycles. The van der Waals surface area contributed by atoms with Crippen molar-refractivity contribution < 1.29 is 9.90 Å². The Morgan fingerprint density at radius 2 is 2.08 bits per heavy atom. The van der Waals surface area contributed by atoms with Crippen molar-refractivity contribution >= 4 is 11.7 Å².